The van der Waals surface area contributed by atoms with Crippen molar-refractivity contribution in [2.45, 2.75) is 128 Å². The first-order valence-electron chi connectivity index (χ1n) is 13.7. The third kappa shape index (κ3) is 8.63. The van der Waals surface area contributed by atoms with Crippen LogP contribution in [0.1, 0.15) is 51.9 Å². The van der Waals surface area contributed by atoms with Crippen molar-refractivity contribution in [1.29, 1.82) is 0 Å². The molecule has 0 aromatic carbocycles. The molecule has 38 heavy (non-hydrogen) atoms. The Balaban J connectivity index is 1.34. The van der Waals surface area contributed by atoms with Gasteiger partial charge in [-0.25, -0.2) is 0 Å². The third-order valence-electron chi connectivity index (χ3n) is 7.53. The largest absolute Gasteiger partial charge is 0.394 e. The Bertz CT molecular complexity index is 708. The molecule has 0 aromatic rings. The van der Waals surface area contributed by atoms with Crippen molar-refractivity contribution >= 4 is 23.5 Å². The predicted octanol–water partition coefficient (Wildman–Crippen LogP) is -0.0411. The summed E-state index contributed by atoms with van der Waals surface area (Å²) in [7, 11) is 0. The first kappa shape index (κ1) is 31.2. The quantitative estimate of drug-likeness (QED) is 0.203. The zero-order valence-electron chi connectivity index (χ0n) is 21.8. The van der Waals surface area contributed by atoms with Crippen molar-refractivity contribution in [1.82, 2.24) is 0 Å². The lowest BCUT2D eigenvalue weighted by Gasteiger charge is -2.42. The standard InChI is InChI=1S/C25H44O11S2/c1-13-2-21(25(31)20(12-29)32-13)38-24-8-19(6-18(11-28)36-24)37-23-7-15(5-17(10-27)35-23)33-22-4-14(30)3-16(9-26)34-22/h13-31H,2-12H2,1H3. The van der Waals surface area contributed by atoms with E-state index in [1.54, 1.807) is 11.8 Å². The number of aliphatic hydroxyl groups is 6. The highest BCUT2D eigenvalue weighted by molar-refractivity contribution is 8.01. The molecule has 222 valence electrons. The second kappa shape index (κ2) is 14.9. The van der Waals surface area contributed by atoms with E-state index in [0.717, 1.165) is 0 Å². The molecule has 4 aliphatic heterocycles. The second-order valence-electron chi connectivity index (χ2n) is 10.8. The number of rotatable bonds is 10. The number of hydrogen-bond donors (Lipinski definition) is 6. The molecule has 0 radical (unpaired) electrons. The van der Waals surface area contributed by atoms with Gasteiger partial charge in [0, 0.05) is 36.2 Å². The van der Waals surface area contributed by atoms with Crippen molar-refractivity contribution in [3.05, 3.63) is 0 Å². The SMILES string of the molecule is CC1CC(SC2CC(SC3CC(OC4CC(O)CC(CO)O4)CC(CO)O3)CC(CO)O2)C(O)C(CO)O1. The summed E-state index contributed by atoms with van der Waals surface area (Å²) in [6.07, 6.45) is -0.369. The van der Waals surface area contributed by atoms with Crippen molar-refractivity contribution in [2.75, 3.05) is 26.4 Å². The summed E-state index contributed by atoms with van der Waals surface area (Å²) < 4.78 is 29.9. The zero-order chi connectivity index (χ0) is 27.2. The molecular weight excluding hydrogens is 540 g/mol. The molecule has 4 aliphatic rings. The molecule has 0 saturated carbocycles. The number of ether oxygens (including phenoxy) is 5. The molecule has 6 N–H and O–H groups in total. The average Bonchev–Trinajstić information content (AvgIpc) is 2.89. The van der Waals surface area contributed by atoms with Crippen molar-refractivity contribution in [2.24, 2.45) is 0 Å². The molecule has 0 spiro atoms. The molecule has 13 unspecified atom stereocenters. The summed E-state index contributed by atoms with van der Waals surface area (Å²) in [5, 5.41) is 59.5. The maximum atomic E-state index is 10.7. The van der Waals surface area contributed by atoms with E-state index in [1.165, 1.54) is 11.8 Å². The third-order valence-corrected chi connectivity index (χ3v) is 10.3. The Labute approximate surface area is 232 Å². The Morgan fingerprint density at radius 1 is 0.684 bits per heavy atom. The first-order chi connectivity index (χ1) is 18.3. The second-order valence-corrected chi connectivity index (χ2v) is 13.6. The van der Waals surface area contributed by atoms with Gasteiger partial charge in [-0.15, -0.1) is 23.5 Å². The Hall–Kier alpha value is 0.260. The summed E-state index contributed by atoms with van der Waals surface area (Å²) in [5.74, 6) is 0. The fraction of sp³-hybridized carbons (Fsp3) is 1.00. The van der Waals surface area contributed by atoms with Crippen LogP contribution in [0.5, 0.6) is 0 Å². The Morgan fingerprint density at radius 3 is 2.03 bits per heavy atom. The average molecular weight is 585 g/mol. The van der Waals surface area contributed by atoms with Gasteiger partial charge < -0.3 is 54.3 Å². The van der Waals surface area contributed by atoms with Gasteiger partial charge in [-0.2, -0.15) is 0 Å². The number of thioether (sulfide) groups is 2. The van der Waals surface area contributed by atoms with Gasteiger partial charge >= 0.3 is 0 Å². The monoisotopic (exact) mass is 584 g/mol. The van der Waals surface area contributed by atoms with Crippen LogP contribution in [-0.2, 0) is 23.7 Å². The van der Waals surface area contributed by atoms with Crippen LogP contribution in [0.4, 0.5) is 0 Å². The van der Waals surface area contributed by atoms with Gasteiger partial charge in [-0.05, 0) is 26.2 Å². The molecule has 11 nitrogen and oxygen atoms in total. The molecule has 4 heterocycles. The van der Waals surface area contributed by atoms with Crippen LogP contribution < -0.4 is 0 Å². The van der Waals surface area contributed by atoms with Crippen LogP contribution in [-0.4, -0.2) is 134 Å². The van der Waals surface area contributed by atoms with Gasteiger partial charge in [0.2, 0.25) is 0 Å². The van der Waals surface area contributed by atoms with E-state index in [1.807, 2.05) is 6.92 Å². The lowest BCUT2D eigenvalue weighted by molar-refractivity contribution is -0.251. The predicted molar refractivity (Wildman–Crippen MR) is 141 cm³/mol. The van der Waals surface area contributed by atoms with Gasteiger partial charge in [-0.3, -0.25) is 0 Å². The van der Waals surface area contributed by atoms with Crippen LogP contribution in [0.25, 0.3) is 0 Å². The molecule has 13 heteroatoms. The van der Waals surface area contributed by atoms with Gasteiger partial charge in [0.15, 0.2) is 6.29 Å². The first-order valence-corrected chi connectivity index (χ1v) is 15.6. The molecule has 0 amide bonds. The molecule has 0 aliphatic carbocycles. The maximum Gasteiger partial charge on any atom is 0.160 e. The van der Waals surface area contributed by atoms with Gasteiger partial charge in [0.05, 0.1) is 69.2 Å². The van der Waals surface area contributed by atoms with Crippen molar-refractivity contribution in [3.8, 4) is 0 Å². The highest BCUT2D eigenvalue weighted by Crippen LogP contribution is 2.42. The smallest absolute Gasteiger partial charge is 0.160 e. The normalized spacial score (nSPS) is 46.7. The summed E-state index contributed by atoms with van der Waals surface area (Å²) in [6, 6.07) is 0. The van der Waals surface area contributed by atoms with E-state index in [0.29, 0.717) is 44.9 Å². The lowest BCUT2D eigenvalue weighted by atomic mass is 10.0. The van der Waals surface area contributed by atoms with E-state index in [-0.39, 0.29) is 72.2 Å². The summed E-state index contributed by atoms with van der Waals surface area (Å²) in [4.78, 5) is 0. The Morgan fingerprint density at radius 2 is 1.34 bits per heavy atom. The number of hydrogen-bond acceptors (Lipinski definition) is 13. The minimum atomic E-state index is -0.804. The van der Waals surface area contributed by atoms with E-state index >= 15 is 0 Å². The fourth-order valence-electron chi connectivity index (χ4n) is 5.70. The highest BCUT2D eigenvalue weighted by Gasteiger charge is 2.41. The maximum absolute atomic E-state index is 10.7. The van der Waals surface area contributed by atoms with Crippen LogP contribution in [0, 0.1) is 0 Å². The minimum Gasteiger partial charge on any atom is -0.394 e. The van der Waals surface area contributed by atoms with Gasteiger partial charge in [-0.1, -0.05) is 0 Å². The van der Waals surface area contributed by atoms with Crippen molar-refractivity contribution in [3.63, 3.8) is 0 Å². The van der Waals surface area contributed by atoms with Crippen molar-refractivity contribution < 1.29 is 54.3 Å². The van der Waals surface area contributed by atoms with E-state index < -0.39 is 30.7 Å². The number of aliphatic hydroxyl groups excluding tert-OH is 6. The zero-order valence-corrected chi connectivity index (χ0v) is 23.5. The van der Waals surface area contributed by atoms with E-state index in [9.17, 15) is 30.6 Å². The van der Waals surface area contributed by atoms with Crippen LogP contribution in [0.2, 0.25) is 0 Å². The molecule has 4 rings (SSSR count). The lowest BCUT2D eigenvalue weighted by Crippen LogP contribution is -2.49. The van der Waals surface area contributed by atoms with E-state index in [2.05, 4.69) is 0 Å². The van der Waals surface area contributed by atoms with Crippen LogP contribution in [0.3, 0.4) is 0 Å². The van der Waals surface area contributed by atoms with Crippen LogP contribution in [0.15, 0.2) is 0 Å². The Kier molecular flexibility index (Phi) is 12.3. The summed E-state index contributed by atoms with van der Waals surface area (Å²) in [5.41, 5.74) is -0.479. The molecule has 4 saturated heterocycles. The minimum absolute atomic E-state index is 0.0830. The fourth-order valence-corrected chi connectivity index (χ4v) is 9.08. The van der Waals surface area contributed by atoms with Gasteiger partial charge in [0.25, 0.3) is 0 Å². The van der Waals surface area contributed by atoms with E-state index in [4.69, 9.17) is 23.7 Å². The molecule has 0 bridgehead atoms. The summed E-state index contributed by atoms with van der Waals surface area (Å²) in [6.45, 7) is 1.26. The summed E-state index contributed by atoms with van der Waals surface area (Å²) >= 11 is 3.18. The molecule has 0 aromatic heterocycles. The topological polar surface area (TPSA) is 168 Å². The highest BCUT2D eigenvalue weighted by atomic mass is 32.2. The van der Waals surface area contributed by atoms with Crippen LogP contribution >= 0.6 is 23.5 Å². The molecular formula is C25H44O11S2. The molecule has 4 fully saturated rings. The molecule has 13 atom stereocenters. The van der Waals surface area contributed by atoms with Gasteiger partial charge in [0.1, 0.15) is 17.0 Å².